The number of hydrogen-bond donors (Lipinski definition) is 1. The fraction of sp³-hybridized carbons (Fsp3) is 0.273. The summed E-state index contributed by atoms with van der Waals surface area (Å²) in [5.41, 5.74) is 0.830. The van der Waals surface area contributed by atoms with Crippen LogP contribution in [0.4, 0.5) is 10.1 Å². The Kier molecular flexibility index (Phi) is 3.16. The topological polar surface area (TPSA) is 15.3 Å². The van der Waals surface area contributed by atoms with E-state index in [-0.39, 0.29) is 5.82 Å². The summed E-state index contributed by atoms with van der Waals surface area (Å²) >= 11 is 1.76. The van der Waals surface area contributed by atoms with E-state index in [9.17, 15) is 4.39 Å². The van der Waals surface area contributed by atoms with Crippen molar-refractivity contribution in [1.82, 2.24) is 4.90 Å². The standard InChI is InChI=1S/C11H13FN2S/c1-14-5-6-15-11(14)8-13-10-4-2-3-9(12)7-10/h2-7,11,13H,8H2,1H3. The predicted molar refractivity (Wildman–Crippen MR) is 63.2 cm³/mol. The van der Waals surface area contributed by atoms with Crippen LogP contribution in [0.15, 0.2) is 35.9 Å². The number of hydrogen-bond acceptors (Lipinski definition) is 3. The molecule has 15 heavy (non-hydrogen) atoms. The van der Waals surface area contributed by atoms with Crippen LogP contribution >= 0.6 is 11.8 Å². The van der Waals surface area contributed by atoms with Crippen LogP contribution in [0.1, 0.15) is 0 Å². The molecule has 4 heteroatoms. The molecule has 1 N–H and O–H groups in total. The van der Waals surface area contributed by atoms with Gasteiger partial charge in [0.1, 0.15) is 5.82 Å². The lowest BCUT2D eigenvalue weighted by Gasteiger charge is -2.20. The molecule has 0 aromatic heterocycles. The van der Waals surface area contributed by atoms with Gasteiger partial charge in [-0.05, 0) is 23.6 Å². The normalized spacial score (nSPS) is 19.6. The minimum Gasteiger partial charge on any atom is -0.382 e. The maximum absolute atomic E-state index is 12.9. The number of likely N-dealkylation sites (N-methyl/N-ethyl adjacent to an activating group) is 1. The average Bonchev–Trinajstić information content (AvgIpc) is 2.61. The lowest BCUT2D eigenvalue weighted by Crippen LogP contribution is -2.27. The monoisotopic (exact) mass is 224 g/mol. The third-order valence-electron chi connectivity index (χ3n) is 2.29. The van der Waals surface area contributed by atoms with Gasteiger partial charge < -0.3 is 10.2 Å². The Balaban J connectivity index is 1.88. The summed E-state index contributed by atoms with van der Waals surface area (Å²) in [4.78, 5) is 2.14. The second-order valence-corrected chi connectivity index (χ2v) is 4.52. The van der Waals surface area contributed by atoms with Gasteiger partial charge in [-0.25, -0.2) is 4.39 Å². The molecule has 0 saturated carbocycles. The quantitative estimate of drug-likeness (QED) is 0.850. The summed E-state index contributed by atoms with van der Waals surface area (Å²) in [5.74, 6) is -0.203. The van der Waals surface area contributed by atoms with E-state index in [1.807, 2.05) is 19.3 Å². The van der Waals surface area contributed by atoms with Gasteiger partial charge in [-0.3, -0.25) is 0 Å². The van der Waals surface area contributed by atoms with E-state index in [1.165, 1.54) is 12.1 Å². The van der Waals surface area contributed by atoms with Crippen molar-refractivity contribution in [2.24, 2.45) is 0 Å². The Morgan fingerprint density at radius 3 is 3.07 bits per heavy atom. The van der Waals surface area contributed by atoms with Gasteiger partial charge in [0.05, 0.1) is 5.37 Å². The van der Waals surface area contributed by atoms with Gasteiger partial charge in [0.25, 0.3) is 0 Å². The maximum Gasteiger partial charge on any atom is 0.125 e. The van der Waals surface area contributed by atoms with Crippen molar-refractivity contribution in [2.45, 2.75) is 5.37 Å². The molecule has 1 atom stereocenters. The Labute approximate surface area is 93.2 Å². The minimum absolute atomic E-state index is 0.203. The first kappa shape index (κ1) is 10.4. The van der Waals surface area contributed by atoms with Crippen LogP contribution < -0.4 is 5.32 Å². The largest absolute Gasteiger partial charge is 0.382 e. The molecule has 1 unspecified atom stereocenters. The van der Waals surface area contributed by atoms with Crippen molar-refractivity contribution in [1.29, 1.82) is 0 Å². The zero-order valence-corrected chi connectivity index (χ0v) is 9.30. The summed E-state index contributed by atoms with van der Waals surface area (Å²) in [6.07, 6.45) is 2.04. The van der Waals surface area contributed by atoms with Crippen LogP contribution in [0.2, 0.25) is 0 Å². The van der Waals surface area contributed by atoms with E-state index >= 15 is 0 Å². The Hall–Kier alpha value is -1.16. The minimum atomic E-state index is -0.203. The number of rotatable bonds is 3. The first-order valence-electron chi connectivity index (χ1n) is 4.79. The Bertz CT molecular complexity index is 367. The molecule has 2 nitrogen and oxygen atoms in total. The molecule has 80 valence electrons. The zero-order chi connectivity index (χ0) is 10.7. The Morgan fingerprint density at radius 2 is 2.40 bits per heavy atom. The first-order chi connectivity index (χ1) is 7.25. The highest BCUT2D eigenvalue weighted by atomic mass is 32.2. The number of nitrogens with one attached hydrogen (secondary N) is 1. The third-order valence-corrected chi connectivity index (χ3v) is 3.38. The highest BCUT2D eigenvalue weighted by molar-refractivity contribution is 8.02. The van der Waals surface area contributed by atoms with Crippen molar-refractivity contribution in [2.75, 3.05) is 18.9 Å². The lowest BCUT2D eigenvalue weighted by atomic mass is 10.3. The number of nitrogens with zero attached hydrogens (tertiary/aromatic N) is 1. The van der Waals surface area contributed by atoms with Gasteiger partial charge in [-0.1, -0.05) is 6.07 Å². The maximum atomic E-state index is 12.9. The predicted octanol–water partition coefficient (Wildman–Crippen LogP) is 2.71. The molecular formula is C11H13FN2S. The van der Waals surface area contributed by atoms with E-state index in [0.717, 1.165) is 12.2 Å². The molecule has 0 radical (unpaired) electrons. The average molecular weight is 224 g/mol. The number of thioether (sulfide) groups is 1. The fourth-order valence-electron chi connectivity index (χ4n) is 1.41. The van der Waals surface area contributed by atoms with E-state index in [4.69, 9.17) is 0 Å². The van der Waals surface area contributed by atoms with Crippen LogP contribution in [0, 0.1) is 5.82 Å². The van der Waals surface area contributed by atoms with Gasteiger partial charge in [0, 0.05) is 25.5 Å². The first-order valence-corrected chi connectivity index (χ1v) is 5.73. The van der Waals surface area contributed by atoms with Crippen molar-refractivity contribution in [3.63, 3.8) is 0 Å². The molecular weight excluding hydrogens is 211 g/mol. The summed E-state index contributed by atoms with van der Waals surface area (Å²) in [5, 5.41) is 5.68. The molecule has 0 saturated heterocycles. The molecule has 0 aliphatic carbocycles. The van der Waals surface area contributed by atoms with Crippen LogP contribution in [-0.4, -0.2) is 23.9 Å². The second-order valence-electron chi connectivity index (χ2n) is 3.43. The van der Waals surface area contributed by atoms with Crippen LogP contribution in [0.3, 0.4) is 0 Å². The third kappa shape index (κ3) is 2.65. The molecule has 0 spiro atoms. The second kappa shape index (κ2) is 4.57. The molecule has 1 heterocycles. The molecule has 2 rings (SSSR count). The summed E-state index contributed by atoms with van der Waals surface area (Å²) in [6.45, 7) is 0.803. The molecule has 1 aromatic rings. The van der Waals surface area contributed by atoms with Crippen LogP contribution in [-0.2, 0) is 0 Å². The van der Waals surface area contributed by atoms with Gasteiger partial charge in [0.2, 0.25) is 0 Å². The lowest BCUT2D eigenvalue weighted by molar-refractivity contribution is 0.449. The zero-order valence-electron chi connectivity index (χ0n) is 8.48. The molecule has 1 aromatic carbocycles. The fourth-order valence-corrected chi connectivity index (χ4v) is 2.29. The van der Waals surface area contributed by atoms with Crippen molar-refractivity contribution < 1.29 is 4.39 Å². The van der Waals surface area contributed by atoms with Crippen molar-refractivity contribution in [3.8, 4) is 0 Å². The molecule has 1 aliphatic heterocycles. The van der Waals surface area contributed by atoms with E-state index < -0.39 is 0 Å². The highest BCUT2D eigenvalue weighted by Crippen LogP contribution is 2.23. The van der Waals surface area contributed by atoms with E-state index in [2.05, 4.69) is 15.6 Å². The number of benzene rings is 1. The Morgan fingerprint density at radius 1 is 1.53 bits per heavy atom. The molecule has 0 fully saturated rings. The van der Waals surface area contributed by atoms with Crippen LogP contribution in [0.5, 0.6) is 0 Å². The van der Waals surface area contributed by atoms with Gasteiger partial charge in [0.15, 0.2) is 0 Å². The van der Waals surface area contributed by atoms with E-state index in [1.54, 1.807) is 17.8 Å². The number of halogens is 1. The van der Waals surface area contributed by atoms with Crippen molar-refractivity contribution >= 4 is 17.4 Å². The molecule has 0 amide bonds. The van der Waals surface area contributed by atoms with Gasteiger partial charge >= 0.3 is 0 Å². The smallest absolute Gasteiger partial charge is 0.125 e. The molecule has 1 aliphatic rings. The summed E-state index contributed by atoms with van der Waals surface area (Å²) < 4.78 is 12.9. The van der Waals surface area contributed by atoms with E-state index in [0.29, 0.717) is 5.37 Å². The summed E-state index contributed by atoms with van der Waals surface area (Å²) in [6, 6.07) is 6.54. The van der Waals surface area contributed by atoms with Gasteiger partial charge in [-0.15, -0.1) is 11.8 Å². The van der Waals surface area contributed by atoms with Crippen LogP contribution in [0.25, 0.3) is 0 Å². The number of anilines is 1. The van der Waals surface area contributed by atoms with Crippen molar-refractivity contribution in [3.05, 3.63) is 41.7 Å². The van der Waals surface area contributed by atoms with Gasteiger partial charge in [-0.2, -0.15) is 0 Å². The summed E-state index contributed by atoms with van der Waals surface area (Å²) in [7, 11) is 2.04. The SMILES string of the molecule is CN1C=CSC1CNc1cccc(F)c1. The highest BCUT2D eigenvalue weighted by Gasteiger charge is 2.15. The molecule has 0 bridgehead atoms.